The lowest BCUT2D eigenvalue weighted by molar-refractivity contribution is -0.0881. The molecule has 1 aliphatic carbocycles. The van der Waals surface area contributed by atoms with Gasteiger partial charge in [0.15, 0.2) is 5.65 Å². The van der Waals surface area contributed by atoms with Crippen molar-refractivity contribution in [1.29, 1.82) is 0 Å². The molecule has 4 nitrogen and oxygen atoms in total. The monoisotopic (exact) mass is 283 g/mol. The Hall–Kier alpha value is -1.72. The molecule has 1 fully saturated rings. The van der Waals surface area contributed by atoms with Crippen LogP contribution in [0.4, 0.5) is 8.78 Å². The van der Waals surface area contributed by atoms with E-state index in [1.165, 1.54) is 7.11 Å². The number of fused-ring (bicyclic) bond motifs is 1. The van der Waals surface area contributed by atoms with Crippen molar-refractivity contribution in [2.45, 2.75) is 45.5 Å². The van der Waals surface area contributed by atoms with Crippen molar-refractivity contribution in [3.63, 3.8) is 0 Å². The first kappa shape index (κ1) is 14.7. The number of nitrogens with zero attached hydrogens (tertiary/aromatic N) is 3. The summed E-state index contributed by atoms with van der Waals surface area (Å²) in [6.45, 7) is 5.87. The first-order valence-electron chi connectivity index (χ1n) is 6.77. The standard InChI is InChI=1S/C12H13F2N3O.C2H6/c1-7-6-15-10-3-9(18-2)11(16-17(7)10)8-4-12(13,14)5-8;1-2/h3,6,8H,4-5H2,1-2H3;1-2H3. The van der Waals surface area contributed by atoms with E-state index < -0.39 is 5.92 Å². The van der Waals surface area contributed by atoms with Crippen molar-refractivity contribution in [3.8, 4) is 5.75 Å². The first-order valence-corrected chi connectivity index (χ1v) is 6.77. The van der Waals surface area contributed by atoms with Gasteiger partial charge in [-0.2, -0.15) is 5.10 Å². The molecule has 1 saturated carbocycles. The van der Waals surface area contributed by atoms with Gasteiger partial charge in [-0.3, -0.25) is 0 Å². The van der Waals surface area contributed by atoms with Gasteiger partial charge in [-0.1, -0.05) is 13.8 Å². The predicted molar refractivity (Wildman–Crippen MR) is 72.5 cm³/mol. The van der Waals surface area contributed by atoms with E-state index in [-0.39, 0.29) is 18.8 Å². The maximum absolute atomic E-state index is 13.0. The number of imidazole rings is 1. The third-order valence-electron chi connectivity index (χ3n) is 3.35. The number of alkyl halides is 2. The van der Waals surface area contributed by atoms with E-state index in [1.54, 1.807) is 16.8 Å². The van der Waals surface area contributed by atoms with Gasteiger partial charge >= 0.3 is 0 Å². The Bertz CT molecular complexity index is 602. The molecule has 0 spiro atoms. The summed E-state index contributed by atoms with van der Waals surface area (Å²) in [4.78, 5) is 4.17. The van der Waals surface area contributed by atoms with Gasteiger partial charge in [0, 0.05) is 24.8 Å². The van der Waals surface area contributed by atoms with Crippen molar-refractivity contribution >= 4 is 5.65 Å². The summed E-state index contributed by atoms with van der Waals surface area (Å²) in [5.41, 5.74) is 2.14. The molecule has 6 heteroatoms. The van der Waals surface area contributed by atoms with Crippen LogP contribution in [0, 0.1) is 6.92 Å². The highest BCUT2D eigenvalue weighted by Gasteiger charge is 2.47. The minimum absolute atomic E-state index is 0.157. The maximum atomic E-state index is 13.0. The molecule has 2 aromatic heterocycles. The summed E-state index contributed by atoms with van der Waals surface area (Å²) < 4.78 is 32.8. The number of aryl methyl sites for hydroxylation is 1. The van der Waals surface area contributed by atoms with E-state index in [0.29, 0.717) is 17.1 Å². The first-order chi connectivity index (χ1) is 9.50. The average molecular weight is 283 g/mol. The lowest BCUT2D eigenvalue weighted by Crippen LogP contribution is -2.34. The lowest BCUT2D eigenvalue weighted by Gasteiger charge is -2.34. The van der Waals surface area contributed by atoms with Gasteiger partial charge in [-0.05, 0) is 6.92 Å². The molecule has 0 bridgehead atoms. The van der Waals surface area contributed by atoms with Crippen molar-refractivity contribution in [2.24, 2.45) is 0 Å². The van der Waals surface area contributed by atoms with Crippen molar-refractivity contribution < 1.29 is 13.5 Å². The van der Waals surface area contributed by atoms with Crippen LogP contribution in [-0.4, -0.2) is 27.6 Å². The van der Waals surface area contributed by atoms with E-state index >= 15 is 0 Å². The molecule has 0 aliphatic heterocycles. The van der Waals surface area contributed by atoms with Gasteiger partial charge < -0.3 is 4.74 Å². The summed E-state index contributed by atoms with van der Waals surface area (Å²) in [5.74, 6) is -2.26. The molecule has 0 atom stereocenters. The third kappa shape index (κ3) is 2.46. The molecule has 0 aromatic carbocycles. The molecule has 2 aromatic rings. The molecule has 3 rings (SSSR count). The molecule has 0 radical (unpaired) electrons. The highest BCUT2D eigenvalue weighted by Crippen LogP contribution is 2.49. The molecule has 0 N–H and O–H groups in total. The second-order valence-electron chi connectivity index (χ2n) is 4.73. The smallest absolute Gasteiger partial charge is 0.249 e. The third-order valence-corrected chi connectivity index (χ3v) is 3.35. The van der Waals surface area contributed by atoms with Crippen LogP contribution < -0.4 is 4.74 Å². The second kappa shape index (κ2) is 5.34. The quantitative estimate of drug-likeness (QED) is 0.845. The summed E-state index contributed by atoms with van der Waals surface area (Å²) in [6, 6.07) is 1.74. The fraction of sp³-hybridized carbons (Fsp3) is 0.571. The van der Waals surface area contributed by atoms with Crippen LogP contribution in [0.5, 0.6) is 5.75 Å². The zero-order chi connectivity index (χ0) is 14.9. The van der Waals surface area contributed by atoms with E-state index in [0.717, 1.165) is 5.69 Å². The normalized spacial score (nSPS) is 17.3. The van der Waals surface area contributed by atoms with Gasteiger partial charge in [0.1, 0.15) is 11.4 Å². The molecule has 0 saturated heterocycles. The van der Waals surface area contributed by atoms with Crippen LogP contribution in [0.25, 0.3) is 5.65 Å². The lowest BCUT2D eigenvalue weighted by atomic mass is 9.79. The highest BCUT2D eigenvalue weighted by molar-refractivity contribution is 5.47. The molecule has 1 aliphatic rings. The predicted octanol–water partition coefficient (Wildman–Crippen LogP) is 3.59. The zero-order valence-electron chi connectivity index (χ0n) is 12.2. The van der Waals surface area contributed by atoms with Gasteiger partial charge in [-0.15, -0.1) is 0 Å². The van der Waals surface area contributed by atoms with Gasteiger partial charge in [-0.25, -0.2) is 18.3 Å². The van der Waals surface area contributed by atoms with Crippen LogP contribution in [0.2, 0.25) is 0 Å². The summed E-state index contributed by atoms with van der Waals surface area (Å²) in [7, 11) is 1.52. The van der Waals surface area contributed by atoms with E-state index in [9.17, 15) is 8.78 Å². The van der Waals surface area contributed by atoms with Crippen molar-refractivity contribution in [2.75, 3.05) is 7.11 Å². The minimum atomic E-state index is -2.56. The largest absolute Gasteiger partial charge is 0.495 e. The molecule has 20 heavy (non-hydrogen) atoms. The van der Waals surface area contributed by atoms with E-state index in [4.69, 9.17) is 4.74 Å². The van der Waals surface area contributed by atoms with Crippen LogP contribution in [-0.2, 0) is 0 Å². The fourth-order valence-electron chi connectivity index (χ4n) is 2.33. The molecular formula is C14H19F2N3O. The second-order valence-corrected chi connectivity index (χ2v) is 4.73. The minimum Gasteiger partial charge on any atom is -0.495 e. The molecule has 0 unspecified atom stereocenters. The van der Waals surface area contributed by atoms with Crippen LogP contribution >= 0.6 is 0 Å². The number of hydrogen-bond acceptors (Lipinski definition) is 3. The number of rotatable bonds is 2. The van der Waals surface area contributed by atoms with Crippen LogP contribution in [0.15, 0.2) is 12.3 Å². The Labute approximate surface area is 116 Å². The van der Waals surface area contributed by atoms with E-state index in [1.807, 2.05) is 20.8 Å². The molecular weight excluding hydrogens is 264 g/mol. The molecule has 0 amide bonds. The van der Waals surface area contributed by atoms with Crippen molar-refractivity contribution in [1.82, 2.24) is 14.6 Å². The topological polar surface area (TPSA) is 39.4 Å². The number of halogens is 2. The number of hydrogen-bond donors (Lipinski definition) is 0. The SMILES string of the molecule is CC.COc1cc2ncc(C)n2nc1C1CC(F)(F)C1. The summed E-state index contributed by atoms with van der Waals surface area (Å²) in [6.07, 6.45) is 1.38. The summed E-state index contributed by atoms with van der Waals surface area (Å²) in [5, 5.41) is 4.39. The zero-order valence-corrected chi connectivity index (χ0v) is 12.2. The van der Waals surface area contributed by atoms with Gasteiger partial charge in [0.2, 0.25) is 5.92 Å². The molecule has 2 heterocycles. The number of aromatic nitrogens is 3. The Balaban J connectivity index is 0.000000704. The van der Waals surface area contributed by atoms with Crippen LogP contribution in [0.3, 0.4) is 0 Å². The van der Waals surface area contributed by atoms with Gasteiger partial charge in [0.25, 0.3) is 0 Å². The van der Waals surface area contributed by atoms with Crippen LogP contribution in [0.1, 0.15) is 44.0 Å². The Morgan fingerprint density at radius 1 is 1.35 bits per heavy atom. The summed E-state index contributed by atoms with van der Waals surface area (Å²) >= 11 is 0. The maximum Gasteiger partial charge on any atom is 0.249 e. The highest BCUT2D eigenvalue weighted by atomic mass is 19.3. The fourth-order valence-corrected chi connectivity index (χ4v) is 2.33. The molecule has 110 valence electrons. The van der Waals surface area contributed by atoms with Crippen molar-refractivity contribution in [3.05, 3.63) is 23.7 Å². The Morgan fingerprint density at radius 3 is 2.55 bits per heavy atom. The number of ether oxygens (including phenoxy) is 1. The van der Waals surface area contributed by atoms with Gasteiger partial charge in [0.05, 0.1) is 19.0 Å². The average Bonchev–Trinajstić information content (AvgIpc) is 2.78. The van der Waals surface area contributed by atoms with E-state index in [2.05, 4.69) is 10.1 Å². The Morgan fingerprint density at radius 2 is 2.00 bits per heavy atom. The Kier molecular flexibility index (Phi) is 3.92. The number of methoxy groups -OCH3 is 1.